The summed E-state index contributed by atoms with van der Waals surface area (Å²) in [5.41, 5.74) is 0.436. The molecular weight excluding hydrogens is 348 g/mol. The van der Waals surface area contributed by atoms with Crippen LogP contribution in [0.4, 0.5) is 0 Å². The lowest BCUT2D eigenvalue weighted by Crippen LogP contribution is -2.49. The van der Waals surface area contributed by atoms with E-state index in [0.29, 0.717) is 12.8 Å². The second kappa shape index (κ2) is 8.84. The number of aryl methyl sites for hydroxylation is 1. The second-order valence-corrected chi connectivity index (χ2v) is 6.83. The average Bonchev–Trinajstić information content (AvgIpc) is 2.66. The number of hydrogen-bond acceptors (Lipinski definition) is 6. The molecule has 6 nitrogen and oxygen atoms in total. The molecule has 0 aromatic heterocycles. The zero-order valence-electron chi connectivity index (χ0n) is 16.2. The molecule has 1 aliphatic carbocycles. The number of carbonyl (C=O) groups is 3. The first-order chi connectivity index (χ1) is 12.8. The summed E-state index contributed by atoms with van der Waals surface area (Å²) in [5, 5.41) is 0. The molecule has 6 heteroatoms. The van der Waals surface area contributed by atoms with Gasteiger partial charge in [0.2, 0.25) is 0 Å². The van der Waals surface area contributed by atoms with E-state index in [9.17, 15) is 14.4 Å². The van der Waals surface area contributed by atoms with Gasteiger partial charge in [0.05, 0.1) is 14.2 Å². The SMILES string of the molecule is COC(=O)C(Cc1ccc(C)cc1)(C(=O)OC)[C@@H]1C=C[C@H](OC(C)=O)CC1. The summed E-state index contributed by atoms with van der Waals surface area (Å²) in [6.07, 6.45) is 4.31. The van der Waals surface area contributed by atoms with E-state index in [4.69, 9.17) is 14.2 Å². The van der Waals surface area contributed by atoms with Gasteiger partial charge in [-0.2, -0.15) is 0 Å². The summed E-state index contributed by atoms with van der Waals surface area (Å²) >= 11 is 0. The highest BCUT2D eigenvalue weighted by atomic mass is 16.5. The van der Waals surface area contributed by atoms with Gasteiger partial charge < -0.3 is 14.2 Å². The Morgan fingerprint density at radius 1 is 1.00 bits per heavy atom. The van der Waals surface area contributed by atoms with Crippen LogP contribution in [0.25, 0.3) is 0 Å². The summed E-state index contributed by atoms with van der Waals surface area (Å²) in [6, 6.07) is 7.65. The minimum absolute atomic E-state index is 0.167. The monoisotopic (exact) mass is 374 g/mol. The molecule has 146 valence electrons. The molecule has 0 aliphatic heterocycles. The molecular formula is C21H26O6. The first kappa shape index (κ1) is 20.7. The largest absolute Gasteiger partial charge is 0.468 e. The Hall–Kier alpha value is -2.63. The van der Waals surface area contributed by atoms with Crippen molar-refractivity contribution in [3.63, 3.8) is 0 Å². The third kappa shape index (κ3) is 4.56. The number of ether oxygens (including phenoxy) is 3. The molecule has 1 aromatic carbocycles. The van der Waals surface area contributed by atoms with Crippen molar-refractivity contribution in [2.75, 3.05) is 14.2 Å². The quantitative estimate of drug-likeness (QED) is 0.330. The summed E-state index contributed by atoms with van der Waals surface area (Å²) in [6.45, 7) is 3.32. The lowest BCUT2D eigenvalue weighted by molar-refractivity contribution is -0.173. The lowest BCUT2D eigenvalue weighted by Gasteiger charge is -2.36. The molecule has 0 spiro atoms. The van der Waals surface area contributed by atoms with E-state index in [1.54, 1.807) is 12.2 Å². The van der Waals surface area contributed by atoms with Crippen LogP contribution in [-0.2, 0) is 35.0 Å². The fourth-order valence-electron chi connectivity index (χ4n) is 3.57. The van der Waals surface area contributed by atoms with Crippen molar-refractivity contribution in [1.82, 2.24) is 0 Å². The van der Waals surface area contributed by atoms with Crippen molar-refractivity contribution in [3.05, 3.63) is 47.5 Å². The fraction of sp³-hybridized carbons (Fsp3) is 0.476. The average molecular weight is 374 g/mol. The van der Waals surface area contributed by atoms with Gasteiger partial charge in [-0.05, 0) is 37.8 Å². The first-order valence-corrected chi connectivity index (χ1v) is 8.91. The molecule has 0 bridgehead atoms. The maximum absolute atomic E-state index is 12.8. The Labute approximate surface area is 159 Å². The molecule has 27 heavy (non-hydrogen) atoms. The van der Waals surface area contributed by atoms with Gasteiger partial charge in [0, 0.05) is 12.8 Å². The Morgan fingerprint density at radius 3 is 2.04 bits per heavy atom. The highest BCUT2D eigenvalue weighted by Crippen LogP contribution is 2.41. The molecule has 0 saturated heterocycles. The first-order valence-electron chi connectivity index (χ1n) is 8.91. The third-order valence-corrected chi connectivity index (χ3v) is 4.97. The molecule has 0 saturated carbocycles. The van der Waals surface area contributed by atoms with Gasteiger partial charge in [0.1, 0.15) is 6.10 Å². The van der Waals surface area contributed by atoms with Crippen LogP contribution in [0.1, 0.15) is 30.9 Å². The summed E-state index contributed by atoms with van der Waals surface area (Å²) < 4.78 is 15.2. The van der Waals surface area contributed by atoms with E-state index in [2.05, 4.69) is 0 Å². The molecule has 0 amide bonds. The third-order valence-electron chi connectivity index (χ3n) is 4.97. The minimum Gasteiger partial charge on any atom is -0.468 e. The predicted molar refractivity (Wildman–Crippen MR) is 98.8 cm³/mol. The van der Waals surface area contributed by atoms with E-state index in [0.717, 1.165) is 11.1 Å². The maximum atomic E-state index is 12.8. The van der Waals surface area contributed by atoms with Crippen LogP contribution in [0.15, 0.2) is 36.4 Å². The molecule has 2 atom stereocenters. The van der Waals surface area contributed by atoms with Gasteiger partial charge in [-0.3, -0.25) is 14.4 Å². The Morgan fingerprint density at radius 2 is 1.59 bits per heavy atom. The predicted octanol–water partition coefficient (Wildman–Crippen LogP) is 2.77. The smallest absolute Gasteiger partial charge is 0.324 e. The minimum atomic E-state index is -1.49. The van der Waals surface area contributed by atoms with E-state index >= 15 is 0 Å². The van der Waals surface area contributed by atoms with E-state index in [1.165, 1.54) is 21.1 Å². The summed E-state index contributed by atoms with van der Waals surface area (Å²) in [5.74, 6) is -2.05. The summed E-state index contributed by atoms with van der Waals surface area (Å²) in [7, 11) is 2.53. The number of methoxy groups -OCH3 is 2. The zero-order chi connectivity index (χ0) is 20.0. The Kier molecular flexibility index (Phi) is 6.77. The molecule has 1 aromatic rings. The molecule has 2 rings (SSSR count). The van der Waals surface area contributed by atoms with Crippen molar-refractivity contribution in [2.24, 2.45) is 11.3 Å². The Balaban J connectivity index is 2.42. The molecule has 0 heterocycles. The molecule has 0 unspecified atom stereocenters. The van der Waals surface area contributed by atoms with Gasteiger partial charge in [-0.1, -0.05) is 35.9 Å². The number of benzene rings is 1. The van der Waals surface area contributed by atoms with Gasteiger partial charge in [0.25, 0.3) is 0 Å². The highest BCUT2D eigenvalue weighted by Gasteiger charge is 2.54. The topological polar surface area (TPSA) is 78.9 Å². The van der Waals surface area contributed by atoms with Crippen molar-refractivity contribution in [2.45, 2.75) is 39.2 Å². The van der Waals surface area contributed by atoms with Gasteiger partial charge in [-0.15, -0.1) is 0 Å². The van der Waals surface area contributed by atoms with Crippen LogP contribution in [0.5, 0.6) is 0 Å². The lowest BCUT2D eigenvalue weighted by atomic mass is 9.67. The van der Waals surface area contributed by atoms with E-state index in [-0.39, 0.29) is 18.5 Å². The molecule has 0 radical (unpaired) electrons. The van der Waals surface area contributed by atoms with Gasteiger partial charge in [-0.25, -0.2) is 0 Å². The Bertz CT molecular complexity index is 703. The van der Waals surface area contributed by atoms with Crippen molar-refractivity contribution >= 4 is 17.9 Å². The number of allylic oxidation sites excluding steroid dienone is 1. The van der Waals surface area contributed by atoms with Crippen LogP contribution in [0.3, 0.4) is 0 Å². The molecule has 0 N–H and O–H groups in total. The van der Waals surface area contributed by atoms with E-state index < -0.39 is 23.3 Å². The van der Waals surface area contributed by atoms with Crippen LogP contribution >= 0.6 is 0 Å². The van der Waals surface area contributed by atoms with Crippen LogP contribution in [0.2, 0.25) is 0 Å². The molecule has 0 fully saturated rings. The number of carbonyl (C=O) groups excluding carboxylic acids is 3. The second-order valence-electron chi connectivity index (χ2n) is 6.83. The van der Waals surface area contributed by atoms with Crippen LogP contribution in [-0.4, -0.2) is 38.2 Å². The van der Waals surface area contributed by atoms with E-state index in [1.807, 2.05) is 31.2 Å². The van der Waals surface area contributed by atoms with Crippen molar-refractivity contribution in [1.29, 1.82) is 0 Å². The fourth-order valence-corrected chi connectivity index (χ4v) is 3.57. The standard InChI is InChI=1S/C21H26O6/c1-14-5-7-16(8-6-14)13-21(19(23)25-3,20(24)26-4)17-9-11-18(12-10-17)27-15(2)22/h5-9,11,17-18H,10,12-13H2,1-4H3/t17-,18+/m1/s1. The van der Waals surface area contributed by atoms with Crippen LogP contribution < -0.4 is 0 Å². The van der Waals surface area contributed by atoms with Gasteiger partial charge in [0.15, 0.2) is 5.41 Å². The number of esters is 3. The highest BCUT2D eigenvalue weighted by molar-refractivity contribution is 6.01. The number of hydrogen-bond donors (Lipinski definition) is 0. The van der Waals surface area contributed by atoms with Crippen molar-refractivity contribution < 1.29 is 28.6 Å². The maximum Gasteiger partial charge on any atom is 0.324 e. The zero-order valence-corrected chi connectivity index (χ0v) is 16.2. The van der Waals surface area contributed by atoms with Gasteiger partial charge >= 0.3 is 17.9 Å². The number of rotatable bonds is 6. The van der Waals surface area contributed by atoms with Crippen molar-refractivity contribution in [3.8, 4) is 0 Å². The van der Waals surface area contributed by atoms with Crippen LogP contribution in [0, 0.1) is 18.3 Å². The normalized spacial score (nSPS) is 19.3. The molecule has 1 aliphatic rings. The summed E-state index contributed by atoms with van der Waals surface area (Å²) in [4.78, 5) is 36.8.